The summed E-state index contributed by atoms with van der Waals surface area (Å²) in [7, 11) is 0. The molecule has 0 N–H and O–H groups in total. The number of halogens is 4. The van der Waals surface area contributed by atoms with Crippen LogP contribution in [0.3, 0.4) is 0 Å². The average Bonchev–Trinajstić information content (AvgIpc) is 2.14. The Morgan fingerprint density at radius 2 is 1.73 bits per heavy atom. The summed E-state index contributed by atoms with van der Waals surface area (Å²) in [6, 6.07) is 7.59. The first kappa shape index (κ1) is 12.9. The van der Waals surface area contributed by atoms with E-state index < -0.39 is 12.6 Å². The van der Waals surface area contributed by atoms with Crippen LogP contribution < -0.4 is 0 Å². The van der Waals surface area contributed by atoms with Gasteiger partial charge < -0.3 is 0 Å². The number of thioether (sulfide) groups is 1. The molecule has 0 aliphatic heterocycles. The molecule has 0 saturated carbocycles. The maximum atomic E-state index is 11.8. The van der Waals surface area contributed by atoms with Gasteiger partial charge in [0.2, 0.25) is 0 Å². The highest BCUT2D eigenvalue weighted by Gasteiger charge is 2.25. The average molecular weight is 299 g/mol. The summed E-state index contributed by atoms with van der Waals surface area (Å²) in [5, 5.41) is 0. The number of hydrogen-bond acceptors (Lipinski definition) is 1. The van der Waals surface area contributed by atoms with Crippen molar-refractivity contribution in [2.75, 3.05) is 5.75 Å². The zero-order valence-electron chi connectivity index (χ0n) is 7.85. The van der Waals surface area contributed by atoms with Gasteiger partial charge in [-0.05, 0) is 17.7 Å². The third kappa shape index (κ3) is 6.10. The van der Waals surface area contributed by atoms with E-state index in [1.807, 2.05) is 24.3 Å². The maximum Gasteiger partial charge on any atom is 0.389 e. The number of alkyl halides is 3. The highest BCUT2D eigenvalue weighted by atomic mass is 79.9. The molecule has 0 spiro atoms. The lowest BCUT2D eigenvalue weighted by Crippen LogP contribution is -2.08. The monoisotopic (exact) mass is 298 g/mol. The maximum absolute atomic E-state index is 11.8. The van der Waals surface area contributed by atoms with Crippen LogP contribution in [0, 0.1) is 0 Å². The molecule has 0 saturated heterocycles. The van der Waals surface area contributed by atoms with Crippen molar-refractivity contribution in [3.8, 4) is 0 Å². The summed E-state index contributed by atoms with van der Waals surface area (Å²) in [6.07, 6.45) is -4.75. The zero-order valence-corrected chi connectivity index (χ0v) is 10.3. The predicted octanol–water partition coefficient (Wildman–Crippen LogP) is 4.63. The first-order chi connectivity index (χ1) is 6.97. The van der Waals surface area contributed by atoms with Gasteiger partial charge in [-0.25, -0.2) is 0 Å². The summed E-state index contributed by atoms with van der Waals surface area (Å²) in [4.78, 5) is 0. The van der Waals surface area contributed by atoms with Crippen molar-refractivity contribution in [2.24, 2.45) is 0 Å². The molecule has 0 atom stereocenters. The van der Waals surface area contributed by atoms with Crippen molar-refractivity contribution in [2.45, 2.75) is 18.3 Å². The fraction of sp³-hybridized carbons (Fsp3) is 0.400. The highest BCUT2D eigenvalue weighted by Crippen LogP contribution is 2.23. The Bertz CT molecular complexity index is 295. The molecule has 0 aliphatic carbocycles. The Morgan fingerprint density at radius 1 is 1.13 bits per heavy atom. The fourth-order valence-corrected chi connectivity index (χ4v) is 2.17. The van der Waals surface area contributed by atoms with Crippen molar-refractivity contribution >= 4 is 27.7 Å². The lowest BCUT2D eigenvalue weighted by atomic mass is 10.2. The Labute approximate surface area is 99.4 Å². The normalized spacial score (nSPS) is 11.7. The molecule has 84 valence electrons. The molecule has 0 unspecified atom stereocenters. The van der Waals surface area contributed by atoms with Crippen molar-refractivity contribution in [1.29, 1.82) is 0 Å². The molecule has 0 fully saturated rings. The van der Waals surface area contributed by atoms with Crippen molar-refractivity contribution < 1.29 is 13.2 Å². The Hall–Kier alpha value is -0.160. The molecule has 0 heterocycles. The van der Waals surface area contributed by atoms with Gasteiger partial charge in [0.05, 0.1) is 6.42 Å². The lowest BCUT2D eigenvalue weighted by molar-refractivity contribution is -0.129. The first-order valence-electron chi connectivity index (χ1n) is 4.36. The van der Waals surface area contributed by atoms with Crippen LogP contribution in [-0.2, 0) is 5.75 Å². The molecular formula is C10H10BrF3S. The third-order valence-electron chi connectivity index (χ3n) is 1.71. The van der Waals surface area contributed by atoms with Gasteiger partial charge in [0.15, 0.2) is 0 Å². The largest absolute Gasteiger partial charge is 0.389 e. The molecule has 1 rings (SSSR count). The van der Waals surface area contributed by atoms with Crippen LogP contribution in [0.4, 0.5) is 13.2 Å². The van der Waals surface area contributed by atoms with Crippen LogP contribution in [0.1, 0.15) is 12.0 Å². The summed E-state index contributed by atoms with van der Waals surface area (Å²) in [6.45, 7) is 0. The second kappa shape index (κ2) is 5.80. The van der Waals surface area contributed by atoms with Gasteiger partial charge in [-0.3, -0.25) is 0 Å². The van der Waals surface area contributed by atoms with Gasteiger partial charge in [0.25, 0.3) is 0 Å². The molecule has 1 aromatic carbocycles. The molecule has 0 bridgehead atoms. The minimum absolute atomic E-state index is 0.125. The number of hydrogen-bond donors (Lipinski definition) is 0. The minimum atomic E-state index is -4.04. The molecule has 5 heteroatoms. The van der Waals surface area contributed by atoms with Crippen LogP contribution in [-0.4, -0.2) is 11.9 Å². The van der Waals surface area contributed by atoms with Crippen molar-refractivity contribution in [3.05, 3.63) is 34.3 Å². The second-order valence-corrected chi connectivity index (χ2v) is 5.07. The van der Waals surface area contributed by atoms with Crippen molar-refractivity contribution in [3.63, 3.8) is 0 Å². The van der Waals surface area contributed by atoms with Gasteiger partial charge in [-0.2, -0.15) is 24.9 Å². The van der Waals surface area contributed by atoms with E-state index in [1.54, 1.807) is 0 Å². The molecule has 0 aromatic heterocycles. The van der Waals surface area contributed by atoms with E-state index in [4.69, 9.17) is 0 Å². The Balaban J connectivity index is 2.23. The van der Waals surface area contributed by atoms with E-state index in [1.165, 1.54) is 11.8 Å². The first-order valence-corrected chi connectivity index (χ1v) is 6.31. The van der Waals surface area contributed by atoms with E-state index in [0.29, 0.717) is 5.75 Å². The Kier molecular flexibility index (Phi) is 4.99. The van der Waals surface area contributed by atoms with E-state index in [9.17, 15) is 13.2 Å². The fourth-order valence-electron chi connectivity index (χ4n) is 0.959. The van der Waals surface area contributed by atoms with E-state index in [2.05, 4.69) is 15.9 Å². The topological polar surface area (TPSA) is 0 Å². The molecule has 0 aliphatic rings. The quantitative estimate of drug-likeness (QED) is 0.730. The Morgan fingerprint density at radius 3 is 2.27 bits per heavy atom. The minimum Gasteiger partial charge on any atom is -0.171 e. The van der Waals surface area contributed by atoms with E-state index in [0.717, 1.165) is 10.0 Å². The molecular weight excluding hydrogens is 289 g/mol. The van der Waals surface area contributed by atoms with Crippen LogP contribution >= 0.6 is 27.7 Å². The smallest absolute Gasteiger partial charge is 0.171 e. The van der Waals surface area contributed by atoms with Crippen LogP contribution in [0.5, 0.6) is 0 Å². The molecule has 0 radical (unpaired) electrons. The van der Waals surface area contributed by atoms with Crippen molar-refractivity contribution in [1.82, 2.24) is 0 Å². The molecule has 0 amide bonds. The standard InChI is InChI=1S/C10H10BrF3S/c11-9-3-1-8(2-4-9)7-15-6-5-10(12,13)14/h1-4H,5-7H2. The van der Waals surface area contributed by atoms with Gasteiger partial charge in [-0.15, -0.1) is 0 Å². The zero-order chi connectivity index (χ0) is 11.3. The van der Waals surface area contributed by atoms with Gasteiger partial charge in [-0.1, -0.05) is 28.1 Å². The van der Waals surface area contributed by atoms with Gasteiger partial charge in [0, 0.05) is 16.0 Å². The van der Waals surface area contributed by atoms with Gasteiger partial charge in [0.1, 0.15) is 0 Å². The summed E-state index contributed by atoms with van der Waals surface area (Å²) in [5.41, 5.74) is 1.05. The van der Waals surface area contributed by atoms with Crippen LogP contribution in [0.15, 0.2) is 28.7 Å². The van der Waals surface area contributed by atoms with Crippen LogP contribution in [0.2, 0.25) is 0 Å². The predicted molar refractivity (Wildman–Crippen MR) is 61.0 cm³/mol. The third-order valence-corrected chi connectivity index (χ3v) is 3.27. The van der Waals surface area contributed by atoms with E-state index in [-0.39, 0.29) is 5.75 Å². The van der Waals surface area contributed by atoms with E-state index >= 15 is 0 Å². The summed E-state index contributed by atoms with van der Waals surface area (Å²) in [5.74, 6) is 0.753. The summed E-state index contributed by atoms with van der Waals surface area (Å²) < 4.78 is 36.4. The highest BCUT2D eigenvalue weighted by molar-refractivity contribution is 9.10. The van der Waals surface area contributed by atoms with Crippen LogP contribution in [0.25, 0.3) is 0 Å². The molecule has 15 heavy (non-hydrogen) atoms. The second-order valence-electron chi connectivity index (χ2n) is 3.04. The summed E-state index contributed by atoms with van der Waals surface area (Å²) >= 11 is 4.60. The number of benzene rings is 1. The lowest BCUT2D eigenvalue weighted by Gasteiger charge is -2.05. The number of rotatable bonds is 4. The molecule has 0 nitrogen and oxygen atoms in total. The SMILES string of the molecule is FC(F)(F)CCSCc1ccc(Br)cc1. The molecule has 1 aromatic rings. The van der Waals surface area contributed by atoms with Gasteiger partial charge >= 0.3 is 6.18 Å².